The maximum atomic E-state index is 13.8. The first kappa shape index (κ1) is 14.2. The topological polar surface area (TPSA) is 23.5 Å². The Morgan fingerprint density at radius 3 is 1.86 bits per heavy atom. The normalized spacial score (nSPS) is 23.8. The number of alkyl halides is 1. The fourth-order valence-corrected chi connectivity index (χ4v) is 3.22. The second-order valence-electron chi connectivity index (χ2n) is 5.66. The molecule has 0 aliphatic carbocycles. The standard InChI is InChI=1S/C18H20FNO/c1-13(19)17-16(21)12-20(17)18(14-8-4-2-5-9-14)15-10-6-3-7-11-15/h2-11,13,16-18,21H,12H2,1H3. The quantitative estimate of drug-likeness (QED) is 0.932. The molecular formula is C18H20FNO. The van der Waals surface area contributed by atoms with Crippen molar-refractivity contribution < 1.29 is 9.50 Å². The second-order valence-corrected chi connectivity index (χ2v) is 5.66. The highest BCUT2D eigenvalue weighted by atomic mass is 19.1. The zero-order valence-electron chi connectivity index (χ0n) is 12.1. The first-order valence-corrected chi connectivity index (χ1v) is 7.36. The van der Waals surface area contributed by atoms with Crippen molar-refractivity contribution in [1.29, 1.82) is 0 Å². The molecular weight excluding hydrogens is 265 g/mol. The number of hydrogen-bond donors (Lipinski definition) is 1. The van der Waals surface area contributed by atoms with E-state index in [4.69, 9.17) is 0 Å². The van der Waals surface area contributed by atoms with E-state index >= 15 is 0 Å². The van der Waals surface area contributed by atoms with E-state index in [-0.39, 0.29) is 6.04 Å². The number of halogens is 1. The highest BCUT2D eigenvalue weighted by Gasteiger charge is 2.45. The van der Waals surface area contributed by atoms with Crippen LogP contribution < -0.4 is 0 Å². The van der Waals surface area contributed by atoms with Crippen LogP contribution in [0.2, 0.25) is 0 Å². The minimum absolute atomic E-state index is 0.0148. The molecule has 1 fully saturated rings. The van der Waals surface area contributed by atoms with Crippen molar-refractivity contribution in [3.05, 3.63) is 71.8 Å². The van der Waals surface area contributed by atoms with Crippen molar-refractivity contribution in [2.24, 2.45) is 0 Å². The number of aliphatic hydroxyl groups is 1. The van der Waals surface area contributed by atoms with Crippen LogP contribution in [0.15, 0.2) is 60.7 Å². The minimum Gasteiger partial charge on any atom is -0.390 e. The van der Waals surface area contributed by atoms with E-state index in [1.54, 1.807) is 0 Å². The lowest BCUT2D eigenvalue weighted by Gasteiger charge is -2.50. The van der Waals surface area contributed by atoms with Crippen molar-refractivity contribution >= 4 is 0 Å². The van der Waals surface area contributed by atoms with Crippen LogP contribution in [0.4, 0.5) is 4.39 Å². The zero-order valence-corrected chi connectivity index (χ0v) is 12.1. The van der Waals surface area contributed by atoms with Crippen molar-refractivity contribution in [3.8, 4) is 0 Å². The highest BCUT2D eigenvalue weighted by molar-refractivity contribution is 5.33. The van der Waals surface area contributed by atoms with Crippen LogP contribution in [0.1, 0.15) is 24.1 Å². The third kappa shape index (κ3) is 2.71. The average Bonchev–Trinajstić information content (AvgIpc) is 2.48. The van der Waals surface area contributed by atoms with E-state index in [2.05, 4.69) is 29.2 Å². The van der Waals surface area contributed by atoms with Gasteiger partial charge < -0.3 is 5.11 Å². The molecule has 0 bridgehead atoms. The van der Waals surface area contributed by atoms with Gasteiger partial charge in [-0.15, -0.1) is 0 Å². The summed E-state index contributed by atoms with van der Waals surface area (Å²) in [6.07, 6.45) is -1.64. The van der Waals surface area contributed by atoms with Gasteiger partial charge in [0.1, 0.15) is 6.17 Å². The second kappa shape index (κ2) is 5.96. The summed E-state index contributed by atoms with van der Waals surface area (Å²) in [5.74, 6) is 0. The molecule has 2 aromatic carbocycles. The number of rotatable bonds is 4. The summed E-state index contributed by atoms with van der Waals surface area (Å²) in [6.45, 7) is 2.03. The summed E-state index contributed by atoms with van der Waals surface area (Å²) in [4.78, 5) is 2.06. The minimum atomic E-state index is -1.05. The molecule has 110 valence electrons. The number of likely N-dealkylation sites (tertiary alicyclic amines) is 1. The zero-order chi connectivity index (χ0) is 14.8. The summed E-state index contributed by atoms with van der Waals surface area (Å²) >= 11 is 0. The molecule has 21 heavy (non-hydrogen) atoms. The maximum absolute atomic E-state index is 13.8. The number of β-amino-alcohol motifs (C(OH)–C–C–N with tert-alkyl or cyclic N) is 1. The van der Waals surface area contributed by atoms with Crippen molar-refractivity contribution in [3.63, 3.8) is 0 Å². The molecule has 1 heterocycles. The van der Waals surface area contributed by atoms with E-state index in [1.807, 2.05) is 36.4 Å². The molecule has 1 aliphatic rings. The lowest BCUT2D eigenvalue weighted by Crippen LogP contribution is -2.64. The van der Waals surface area contributed by atoms with Crippen LogP contribution in [0.5, 0.6) is 0 Å². The first-order valence-electron chi connectivity index (χ1n) is 7.36. The van der Waals surface area contributed by atoms with Gasteiger partial charge in [0.25, 0.3) is 0 Å². The predicted octanol–water partition coefficient (Wildman–Crippen LogP) is 3.18. The van der Waals surface area contributed by atoms with Gasteiger partial charge in [-0.1, -0.05) is 60.7 Å². The van der Waals surface area contributed by atoms with Gasteiger partial charge in [0.15, 0.2) is 0 Å². The van der Waals surface area contributed by atoms with E-state index in [9.17, 15) is 9.50 Å². The Hall–Kier alpha value is -1.71. The van der Waals surface area contributed by atoms with Crippen molar-refractivity contribution in [1.82, 2.24) is 4.90 Å². The van der Waals surface area contributed by atoms with Crippen LogP contribution in [0, 0.1) is 0 Å². The van der Waals surface area contributed by atoms with Crippen LogP contribution in [0.3, 0.4) is 0 Å². The van der Waals surface area contributed by atoms with E-state index in [0.29, 0.717) is 6.54 Å². The Morgan fingerprint density at radius 2 is 1.48 bits per heavy atom. The molecule has 0 spiro atoms. The number of benzene rings is 2. The molecule has 3 heteroatoms. The van der Waals surface area contributed by atoms with Gasteiger partial charge in [-0.05, 0) is 18.1 Å². The third-order valence-corrected chi connectivity index (χ3v) is 4.21. The summed E-state index contributed by atoms with van der Waals surface area (Å²) in [7, 11) is 0. The number of aliphatic hydroxyl groups excluding tert-OH is 1. The van der Waals surface area contributed by atoms with Gasteiger partial charge in [-0.2, -0.15) is 0 Å². The van der Waals surface area contributed by atoms with Gasteiger partial charge in [0.2, 0.25) is 0 Å². The van der Waals surface area contributed by atoms with Crippen LogP contribution >= 0.6 is 0 Å². The van der Waals surface area contributed by atoms with Gasteiger partial charge in [0.05, 0.1) is 18.2 Å². The first-order chi connectivity index (χ1) is 10.2. The predicted molar refractivity (Wildman–Crippen MR) is 81.8 cm³/mol. The molecule has 3 unspecified atom stereocenters. The van der Waals surface area contributed by atoms with Crippen molar-refractivity contribution in [2.75, 3.05) is 6.54 Å². The highest BCUT2D eigenvalue weighted by Crippen LogP contribution is 2.37. The molecule has 2 nitrogen and oxygen atoms in total. The number of hydrogen-bond acceptors (Lipinski definition) is 2. The van der Waals surface area contributed by atoms with Crippen LogP contribution in [0.25, 0.3) is 0 Å². The molecule has 3 atom stereocenters. The maximum Gasteiger partial charge on any atom is 0.115 e. The summed E-state index contributed by atoms with van der Waals surface area (Å²) in [6, 6.07) is 19.7. The molecule has 1 aliphatic heterocycles. The molecule has 3 rings (SSSR count). The Morgan fingerprint density at radius 1 is 1.00 bits per heavy atom. The third-order valence-electron chi connectivity index (χ3n) is 4.21. The lowest BCUT2D eigenvalue weighted by molar-refractivity contribution is -0.105. The Bertz CT molecular complexity index is 528. The monoisotopic (exact) mass is 285 g/mol. The van der Waals surface area contributed by atoms with E-state index in [1.165, 1.54) is 6.92 Å². The Kier molecular flexibility index (Phi) is 4.04. The largest absolute Gasteiger partial charge is 0.390 e. The smallest absolute Gasteiger partial charge is 0.115 e. The molecule has 0 amide bonds. The SMILES string of the molecule is CC(F)C1C(O)CN1C(c1ccccc1)c1ccccc1. The Balaban J connectivity index is 1.98. The lowest BCUT2D eigenvalue weighted by atomic mass is 9.87. The fourth-order valence-electron chi connectivity index (χ4n) is 3.22. The van der Waals surface area contributed by atoms with Gasteiger partial charge in [-0.3, -0.25) is 4.90 Å². The molecule has 1 N–H and O–H groups in total. The van der Waals surface area contributed by atoms with Crippen LogP contribution in [-0.2, 0) is 0 Å². The molecule has 0 saturated carbocycles. The van der Waals surface area contributed by atoms with Gasteiger partial charge in [0, 0.05) is 6.54 Å². The molecule has 0 radical (unpaired) electrons. The van der Waals surface area contributed by atoms with E-state index < -0.39 is 18.3 Å². The van der Waals surface area contributed by atoms with E-state index in [0.717, 1.165) is 11.1 Å². The summed E-state index contributed by atoms with van der Waals surface area (Å²) < 4.78 is 13.8. The molecule has 1 saturated heterocycles. The van der Waals surface area contributed by atoms with Gasteiger partial charge in [-0.25, -0.2) is 4.39 Å². The average molecular weight is 285 g/mol. The number of nitrogens with zero attached hydrogens (tertiary/aromatic N) is 1. The molecule has 0 aromatic heterocycles. The van der Waals surface area contributed by atoms with Gasteiger partial charge >= 0.3 is 0 Å². The van der Waals surface area contributed by atoms with Crippen molar-refractivity contribution in [2.45, 2.75) is 31.3 Å². The Labute approximate surface area is 124 Å². The molecule has 2 aromatic rings. The summed E-state index contributed by atoms with van der Waals surface area (Å²) in [5.41, 5.74) is 2.25. The summed E-state index contributed by atoms with van der Waals surface area (Å²) in [5, 5.41) is 9.91. The fraction of sp³-hybridized carbons (Fsp3) is 0.333. The van der Waals surface area contributed by atoms with Crippen LogP contribution in [-0.4, -0.2) is 34.9 Å².